The molecule has 0 N–H and O–H groups in total. The third-order valence-electron chi connectivity index (χ3n) is 7.63. The van der Waals surface area contributed by atoms with E-state index in [0.29, 0.717) is 0 Å². The van der Waals surface area contributed by atoms with Gasteiger partial charge >= 0.3 is 0 Å². The molecule has 0 saturated carbocycles. The Morgan fingerprint density at radius 2 is 0.694 bits per heavy atom. The topological polar surface area (TPSA) is 0 Å². The van der Waals surface area contributed by atoms with Gasteiger partial charge < -0.3 is 0 Å². The molecule has 238 valence electrons. The average molecular weight is 721 g/mol. The van der Waals surface area contributed by atoms with Crippen LogP contribution in [0.25, 0.3) is 19.6 Å². The van der Waals surface area contributed by atoms with Crippen LogP contribution in [-0.2, 0) is 0 Å². The largest absolute Gasteiger partial charge is 0.106 e. The van der Waals surface area contributed by atoms with Gasteiger partial charge in [0.05, 0.1) is 4.24 Å². The highest BCUT2D eigenvalue weighted by Crippen LogP contribution is 2.46. The van der Waals surface area contributed by atoms with Gasteiger partial charge in [0.1, 0.15) is 0 Å². The van der Waals surface area contributed by atoms with Gasteiger partial charge in [-0.3, -0.25) is 0 Å². The Morgan fingerprint density at radius 3 is 1.02 bits per heavy atom. The average Bonchev–Trinajstić information content (AvgIpc) is 3.75. The zero-order valence-corrected chi connectivity index (χ0v) is 30.6. The van der Waals surface area contributed by atoms with E-state index in [-0.39, 0.29) is 0 Å². The van der Waals surface area contributed by atoms with Crippen molar-refractivity contribution in [3.63, 3.8) is 0 Å². The summed E-state index contributed by atoms with van der Waals surface area (Å²) >= 11 is 8.99. The molecular weight excluding hydrogens is 689 g/mol. The summed E-state index contributed by atoms with van der Waals surface area (Å²) in [7, 11) is 0. The van der Waals surface area contributed by atoms with Crippen molar-refractivity contribution in [3.8, 4) is 0 Å². The number of allylic oxidation sites excluding steroid dienone is 11. The number of thioether (sulfide) groups is 5. The summed E-state index contributed by atoms with van der Waals surface area (Å²) in [4.78, 5) is 5.04. The molecule has 8 rings (SSSR count). The highest BCUT2D eigenvalue weighted by atomic mass is 32.2. The molecule has 4 aliphatic heterocycles. The lowest BCUT2D eigenvalue weighted by atomic mass is 10.1. The van der Waals surface area contributed by atoms with Crippen LogP contribution in [0.2, 0.25) is 0 Å². The molecule has 0 saturated heterocycles. The first kappa shape index (κ1) is 33.5. The van der Waals surface area contributed by atoms with Gasteiger partial charge in [0.15, 0.2) is 0 Å². The van der Waals surface area contributed by atoms with Crippen molar-refractivity contribution in [2.75, 3.05) is 0 Å². The van der Waals surface area contributed by atoms with Gasteiger partial charge in [0.25, 0.3) is 0 Å². The van der Waals surface area contributed by atoms with E-state index in [1.807, 2.05) is 23.5 Å². The molecule has 0 radical (unpaired) electrons. The highest BCUT2D eigenvalue weighted by Gasteiger charge is 2.16. The third kappa shape index (κ3) is 9.18. The minimum atomic E-state index is 1.19. The first-order valence-corrected chi connectivity index (χ1v) is 20.2. The molecule has 0 atom stereocenters. The van der Waals surface area contributed by atoms with E-state index in [1.165, 1.54) is 62.8 Å². The summed E-state index contributed by atoms with van der Waals surface area (Å²) in [6.07, 6.45) is 18.0. The molecule has 0 amide bonds. The zero-order chi connectivity index (χ0) is 33.1. The lowest BCUT2D eigenvalue weighted by molar-refractivity contribution is 1.58. The molecule has 0 spiro atoms. The molecule has 4 aliphatic rings. The second kappa shape index (κ2) is 17.1. The Morgan fingerprint density at radius 1 is 0.367 bits per heavy atom. The van der Waals surface area contributed by atoms with Crippen LogP contribution < -0.4 is 0 Å². The molecule has 4 aromatic rings. The maximum absolute atomic E-state index is 2.30. The van der Waals surface area contributed by atoms with Crippen LogP contribution in [0.5, 0.6) is 0 Å². The summed E-state index contributed by atoms with van der Waals surface area (Å²) in [6, 6.07) is 42.6. The standard InChI is InChI=1S/C36H26S2.C8H6S3/c1-5-13-29(14-6-1)33-23-27(24-34(37-33)30-15-7-2-8-16-30)21-22-28-25-35(31-17-9-3-10-18-31)38-36(26-28)32-19-11-4-12-20-32;1-3-9-4-2-7(1)8-10-5-6-11-8/h1-26H;1-6H. The van der Waals surface area contributed by atoms with Crippen molar-refractivity contribution in [3.05, 3.63) is 235 Å². The van der Waals surface area contributed by atoms with Gasteiger partial charge in [0, 0.05) is 19.6 Å². The lowest BCUT2D eigenvalue weighted by Gasteiger charge is -2.18. The summed E-state index contributed by atoms with van der Waals surface area (Å²) in [5, 5.41) is 8.47. The van der Waals surface area contributed by atoms with Gasteiger partial charge in [-0.2, -0.15) is 0 Å². The minimum absolute atomic E-state index is 1.19. The molecule has 0 aliphatic carbocycles. The molecule has 4 heterocycles. The van der Waals surface area contributed by atoms with Crippen LogP contribution in [0.15, 0.2) is 213 Å². The van der Waals surface area contributed by atoms with Gasteiger partial charge in [-0.1, -0.05) is 181 Å². The van der Waals surface area contributed by atoms with E-state index >= 15 is 0 Å². The summed E-state index contributed by atoms with van der Waals surface area (Å²) < 4.78 is 1.39. The van der Waals surface area contributed by atoms with Crippen molar-refractivity contribution in [2.24, 2.45) is 0 Å². The van der Waals surface area contributed by atoms with Gasteiger partial charge in [0.2, 0.25) is 0 Å². The normalized spacial score (nSPS) is 16.7. The Labute approximate surface area is 311 Å². The summed E-state index contributed by atoms with van der Waals surface area (Å²) in [6.45, 7) is 0. The molecule has 0 bridgehead atoms. The summed E-state index contributed by atoms with van der Waals surface area (Å²) in [5.74, 6) is 0. The Hall–Kier alpha value is -3.97. The number of benzene rings is 4. The first-order chi connectivity index (χ1) is 24.3. The van der Waals surface area contributed by atoms with Gasteiger partial charge in [-0.15, -0.1) is 11.8 Å². The van der Waals surface area contributed by atoms with E-state index in [9.17, 15) is 0 Å². The number of rotatable bonds is 5. The van der Waals surface area contributed by atoms with Crippen LogP contribution in [0.1, 0.15) is 22.3 Å². The quantitative estimate of drug-likeness (QED) is 0.201. The lowest BCUT2D eigenvalue weighted by Crippen LogP contribution is -1.92. The maximum atomic E-state index is 2.30. The fourth-order valence-corrected chi connectivity index (χ4v) is 9.81. The monoisotopic (exact) mass is 720 g/mol. The maximum Gasteiger partial charge on any atom is 0.0559 e. The molecule has 49 heavy (non-hydrogen) atoms. The Bertz CT molecular complexity index is 1830. The highest BCUT2D eigenvalue weighted by molar-refractivity contribution is 8.27. The van der Waals surface area contributed by atoms with Crippen molar-refractivity contribution >= 4 is 78.4 Å². The van der Waals surface area contributed by atoms with E-state index in [4.69, 9.17) is 0 Å². The molecule has 0 nitrogen and oxygen atoms in total. The third-order valence-corrected chi connectivity index (χ3v) is 12.7. The molecule has 0 unspecified atom stereocenters. The first-order valence-electron chi connectivity index (χ1n) is 15.9. The molecule has 0 aromatic heterocycles. The summed E-state index contributed by atoms with van der Waals surface area (Å²) in [5.41, 5.74) is 8.68. The van der Waals surface area contributed by atoms with Crippen LogP contribution in [0, 0.1) is 0 Å². The van der Waals surface area contributed by atoms with Crippen LogP contribution >= 0.6 is 58.8 Å². The molecule has 5 heteroatoms. The van der Waals surface area contributed by atoms with Crippen molar-refractivity contribution < 1.29 is 0 Å². The number of hydrogen-bond acceptors (Lipinski definition) is 5. The zero-order valence-electron chi connectivity index (χ0n) is 26.5. The van der Waals surface area contributed by atoms with E-state index in [1.54, 1.807) is 35.3 Å². The van der Waals surface area contributed by atoms with Crippen LogP contribution in [-0.4, -0.2) is 0 Å². The van der Waals surface area contributed by atoms with Crippen LogP contribution in [0.4, 0.5) is 0 Å². The fraction of sp³-hybridized carbons (Fsp3) is 0. The minimum Gasteiger partial charge on any atom is -0.106 e. The van der Waals surface area contributed by atoms with E-state index in [2.05, 4.69) is 192 Å². The second-order valence-electron chi connectivity index (χ2n) is 11.0. The second-order valence-corrected chi connectivity index (χ2v) is 16.1. The number of hydrogen-bond donors (Lipinski definition) is 0. The fourth-order valence-electron chi connectivity index (χ4n) is 5.21. The van der Waals surface area contributed by atoms with Gasteiger partial charge in [-0.05, 0) is 97.1 Å². The molecule has 4 aromatic carbocycles. The molecule has 0 fully saturated rings. The molecular formula is C44H32S5. The predicted octanol–water partition coefficient (Wildman–Crippen LogP) is 14.4. The van der Waals surface area contributed by atoms with Crippen molar-refractivity contribution in [1.29, 1.82) is 0 Å². The Balaban J connectivity index is 0.000000290. The SMILES string of the molecule is C(C=C1C=C(c2ccccc2)SC(c2ccccc2)=C1)=C1C=C(c2ccccc2)SC(c2ccccc2)=C1.C1=CC(=C2SC=CS2)C=CS1. The van der Waals surface area contributed by atoms with Crippen molar-refractivity contribution in [2.45, 2.75) is 0 Å². The predicted molar refractivity (Wildman–Crippen MR) is 226 cm³/mol. The van der Waals surface area contributed by atoms with E-state index in [0.717, 1.165) is 0 Å². The smallest absolute Gasteiger partial charge is 0.0559 e. The van der Waals surface area contributed by atoms with Crippen molar-refractivity contribution in [1.82, 2.24) is 0 Å². The Kier molecular flexibility index (Phi) is 11.7. The van der Waals surface area contributed by atoms with Gasteiger partial charge in [-0.25, -0.2) is 0 Å². The van der Waals surface area contributed by atoms with E-state index < -0.39 is 0 Å². The van der Waals surface area contributed by atoms with Crippen LogP contribution in [0.3, 0.4) is 0 Å².